The van der Waals surface area contributed by atoms with E-state index in [2.05, 4.69) is 21.2 Å². The maximum atomic E-state index is 11.9. The third kappa shape index (κ3) is 2.25. The van der Waals surface area contributed by atoms with Crippen LogP contribution in [0.3, 0.4) is 0 Å². The molecule has 4 nitrogen and oxygen atoms in total. The Hall–Kier alpha value is -1.66. The molecule has 6 heteroatoms. The second kappa shape index (κ2) is 5.03. The number of thiophene rings is 1. The summed E-state index contributed by atoms with van der Waals surface area (Å²) in [5, 5.41) is 3.26. The van der Waals surface area contributed by atoms with Crippen molar-refractivity contribution < 1.29 is 9.59 Å². The average molecular weight is 351 g/mol. The van der Waals surface area contributed by atoms with Crippen LogP contribution in [0.4, 0.5) is 5.69 Å². The number of hydrogen-bond donors (Lipinski definition) is 1. The first-order chi connectivity index (χ1) is 9.56. The number of carbonyl (C=O) groups is 2. The predicted octanol–water partition coefficient (Wildman–Crippen LogP) is 3.35. The minimum atomic E-state index is -0.243. The first kappa shape index (κ1) is 13.3. The summed E-state index contributed by atoms with van der Waals surface area (Å²) in [5.41, 5.74) is 1.78. The van der Waals surface area contributed by atoms with Gasteiger partial charge in [-0.3, -0.25) is 14.5 Å². The number of carbonyl (C=O) groups excluding carboxylic acids is 2. The molecule has 0 aliphatic carbocycles. The van der Waals surface area contributed by atoms with Crippen LogP contribution in [0.5, 0.6) is 0 Å². The fourth-order valence-electron chi connectivity index (χ4n) is 2.11. The van der Waals surface area contributed by atoms with Crippen LogP contribution in [0.25, 0.3) is 0 Å². The second-order valence-corrected chi connectivity index (χ2v) is 7.04. The van der Waals surface area contributed by atoms with Crippen LogP contribution >= 0.6 is 27.3 Å². The van der Waals surface area contributed by atoms with E-state index in [-0.39, 0.29) is 11.8 Å². The van der Waals surface area contributed by atoms with E-state index >= 15 is 0 Å². The molecular formula is C14H11BrN2O2S. The Kier molecular flexibility index (Phi) is 3.35. The predicted molar refractivity (Wildman–Crippen MR) is 82.2 cm³/mol. The molecule has 102 valence electrons. The molecule has 0 saturated carbocycles. The number of benzene rings is 1. The molecule has 0 unspecified atom stereocenters. The SMILES string of the molecule is CN1C(=O)c2ccc(NCc3ccc(Br)s3)cc2C1=O. The number of hydrogen-bond acceptors (Lipinski definition) is 4. The molecule has 3 rings (SSSR count). The van der Waals surface area contributed by atoms with Gasteiger partial charge in [-0.15, -0.1) is 11.3 Å². The first-order valence-corrected chi connectivity index (χ1v) is 7.62. The quantitative estimate of drug-likeness (QED) is 0.863. The number of nitrogens with one attached hydrogen (secondary N) is 1. The van der Waals surface area contributed by atoms with E-state index in [1.165, 1.54) is 11.9 Å². The van der Waals surface area contributed by atoms with Gasteiger partial charge in [-0.25, -0.2) is 0 Å². The Bertz CT molecular complexity index is 711. The van der Waals surface area contributed by atoms with Gasteiger partial charge in [0.15, 0.2) is 0 Å². The molecule has 0 fully saturated rings. The topological polar surface area (TPSA) is 49.4 Å². The van der Waals surface area contributed by atoms with Gasteiger partial charge in [0.1, 0.15) is 0 Å². The second-order valence-electron chi connectivity index (χ2n) is 4.49. The lowest BCUT2D eigenvalue weighted by molar-refractivity contribution is 0.0693. The van der Waals surface area contributed by atoms with Gasteiger partial charge in [0, 0.05) is 24.2 Å². The van der Waals surface area contributed by atoms with Gasteiger partial charge in [0.25, 0.3) is 11.8 Å². The van der Waals surface area contributed by atoms with Crippen LogP contribution in [-0.4, -0.2) is 23.8 Å². The van der Waals surface area contributed by atoms with Crippen LogP contribution in [-0.2, 0) is 6.54 Å². The number of amides is 2. The van der Waals surface area contributed by atoms with Crippen LogP contribution in [0, 0.1) is 0 Å². The smallest absolute Gasteiger partial charge is 0.261 e. The Morgan fingerprint density at radius 2 is 1.90 bits per heavy atom. The average Bonchev–Trinajstić information content (AvgIpc) is 2.95. The molecule has 1 aliphatic rings. The zero-order chi connectivity index (χ0) is 14.3. The molecule has 0 spiro atoms. The largest absolute Gasteiger partial charge is 0.380 e. The van der Waals surface area contributed by atoms with Crippen molar-refractivity contribution in [1.29, 1.82) is 0 Å². The van der Waals surface area contributed by atoms with Gasteiger partial charge in [0.2, 0.25) is 0 Å². The number of fused-ring (bicyclic) bond motifs is 1. The summed E-state index contributed by atoms with van der Waals surface area (Å²) >= 11 is 5.08. The highest BCUT2D eigenvalue weighted by atomic mass is 79.9. The number of rotatable bonds is 3. The van der Waals surface area contributed by atoms with E-state index in [9.17, 15) is 9.59 Å². The maximum absolute atomic E-state index is 11.9. The van der Waals surface area contributed by atoms with Crippen LogP contribution in [0.15, 0.2) is 34.1 Å². The van der Waals surface area contributed by atoms with Crippen LogP contribution in [0.2, 0.25) is 0 Å². The molecule has 1 aliphatic heterocycles. The summed E-state index contributed by atoms with van der Waals surface area (Å²) in [6.45, 7) is 0.688. The van der Waals surface area contributed by atoms with Crippen LogP contribution < -0.4 is 5.32 Å². The van der Waals surface area contributed by atoms with E-state index in [1.807, 2.05) is 18.2 Å². The number of nitrogens with zero attached hydrogens (tertiary/aromatic N) is 1. The van der Waals surface area contributed by atoms with Gasteiger partial charge in [0.05, 0.1) is 14.9 Å². The molecular weight excluding hydrogens is 340 g/mol. The van der Waals surface area contributed by atoms with E-state index in [4.69, 9.17) is 0 Å². The van der Waals surface area contributed by atoms with E-state index in [1.54, 1.807) is 23.5 Å². The monoisotopic (exact) mass is 350 g/mol. The van der Waals surface area contributed by atoms with Gasteiger partial charge in [-0.2, -0.15) is 0 Å². The van der Waals surface area contributed by atoms with Gasteiger partial charge >= 0.3 is 0 Å². The van der Waals surface area contributed by atoms with Crippen molar-refractivity contribution in [3.05, 3.63) is 50.1 Å². The number of imide groups is 1. The molecule has 1 aromatic carbocycles. The Balaban J connectivity index is 1.80. The van der Waals surface area contributed by atoms with Crippen molar-refractivity contribution >= 4 is 44.8 Å². The molecule has 2 aromatic rings. The van der Waals surface area contributed by atoms with E-state index in [0.29, 0.717) is 17.7 Å². The minimum Gasteiger partial charge on any atom is -0.380 e. The highest BCUT2D eigenvalue weighted by Gasteiger charge is 2.32. The molecule has 1 N–H and O–H groups in total. The number of halogens is 1. The number of anilines is 1. The zero-order valence-corrected chi connectivity index (χ0v) is 13.0. The van der Waals surface area contributed by atoms with Crippen molar-refractivity contribution in [2.45, 2.75) is 6.54 Å². The molecule has 20 heavy (non-hydrogen) atoms. The van der Waals surface area contributed by atoms with Crippen molar-refractivity contribution in [3.8, 4) is 0 Å². The van der Waals surface area contributed by atoms with Gasteiger partial charge < -0.3 is 5.32 Å². The maximum Gasteiger partial charge on any atom is 0.261 e. The summed E-state index contributed by atoms with van der Waals surface area (Å²) in [7, 11) is 1.50. The molecule has 0 saturated heterocycles. The summed E-state index contributed by atoms with van der Waals surface area (Å²) in [6, 6.07) is 9.30. The zero-order valence-electron chi connectivity index (χ0n) is 10.6. The molecule has 1 aromatic heterocycles. The minimum absolute atomic E-state index is 0.237. The lowest BCUT2D eigenvalue weighted by Gasteiger charge is -2.05. The third-order valence-electron chi connectivity index (χ3n) is 3.19. The molecule has 0 bridgehead atoms. The molecule has 2 amide bonds. The summed E-state index contributed by atoms with van der Waals surface area (Å²) in [6.07, 6.45) is 0. The Labute approximate surface area is 128 Å². The third-order valence-corrected chi connectivity index (χ3v) is 4.81. The Morgan fingerprint density at radius 1 is 1.15 bits per heavy atom. The summed E-state index contributed by atoms with van der Waals surface area (Å²) in [5.74, 6) is -0.480. The lowest BCUT2D eigenvalue weighted by Crippen LogP contribution is -2.24. The van der Waals surface area contributed by atoms with E-state index < -0.39 is 0 Å². The fraction of sp³-hybridized carbons (Fsp3) is 0.143. The Morgan fingerprint density at radius 3 is 2.60 bits per heavy atom. The highest BCUT2D eigenvalue weighted by molar-refractivity contribution is 9.11. The van der Waals surface area contributed by atoms with Crippen molar-refractivity contribution in [1.82, 2.24) is 4.90 Å². The molecule has 0 radical (unpaired) electrons. The highest BCUT2D eigenvalue weighted by Crippen LogP contribution is 2.26. The van der Waals surface area contributed by atoms with Gasteiger partial charge in [-0.05, 0) is 46.3 Å². The standard InChI is InChI=1S/C14H11BrN2O2S/c1-17-13(18)10-4-2-8(6-11(10)14(17)19)16-7-9-3-5-12(15)20-9/h2-6,16H,7H2,1H3. The van der Waals surface area contributed by atoms with Crippen molar-refractivity contribution in [3.63, 3.8) is 0 Å². The summed E-state index contributed by atoms with van der Waals surface area (Å²) in [4.78, 5) is 26.0. The summed E-state index contributed by atoms with van der Waals surface area (Å²) < 4.78 is 1.09. The van der Waals surface area contributed by atoms with Gasteiger partial charge in [-0.1, -0.05) is 0 Å². The van der Waals surface area contributed by atoms with E-state index in [0.717, 1.165) is 14.4 Å². The molecule has 2 heterocycles. The molecule has 0 atom stereocenters. The lowest BCUT2D eigenvalue weighted by atomic mass is 10.1. The first-order valence-electron chi connectivity index (χ1n) is 6.01. The normalized spacial score (nSPS) is 13.8. The van der Waals surface area contributed by atoms with Crippen LogP contribution in [0.1, 0.15) is 25.6 Å². The van der Waals surface area contributed by atoms with Crippen molar-refractivity contribution in [2.75, 3.05) is 12.4 Å². The fourth-order valence-corrected chi connectivity index (χ4v) is 3.53. The van der Waals surface area contributed by atoms with Crippen molar-refractivity contribution in [2.24, 2.45) is 0 Å².